The summed E-state index contributed by atoms with van der Waals surface area (Å²) >= 11 is 0. The minimum absolute atomic E-state index is 0.171. The zero-order valence-corrected chi connectivity index (χ0v) is 16.4. The van der Waals surface area contributed by atoms with E-state index < -0.39 is 5.97 Å². The highest BCUT2D eigenvalue weighted by atomic mass is 16.4. The lowest BCUT2D eigenvalue weighted by atomic mass is 9.78. The van der Waals surface area contributed by atoms with E-state index in [0.29, 0.717) is 17.8 Å². The molecule has 2 aliphatic rings. The molecule has 0 saturated heterocycles. The Labute approximate surface area is 165 Å². The summed E-state index contributed by atoms with van der Waals surface area (Å²) in [5, 5.41) is 9.06. The average Bonchev–Trinajstić information content (AvgIpc) is 2.65. The Balaban J connectivity index is 1.41. The van der Waals surface area contributed by atoms with Gasteiger partial charge in [0.15, 0.2) is 0 Å². The fourth-order valence-corrected chi connectivity index (χ4v) is 3.88. The fourth-order valence-electron chi connectivity index (χ4n) is 3.88. The van der Waals surface area contributed by atoms with E-state index in [1.165, 1.54) is 5.56 Å². The molecule has 0 spiro atoms. The number of aliphatic carboxylic acids is 1. The van der Waals surface area contributed by atoms with Crippen molar-refractivity contribution in [3.63, 3.8) is 0 Å². The first kappa shape index (κ1) is 18.6. The largest absolute Gasteiger partial charge is 0.481 e. The summed E-state index contributed by atoms with van der Waals surface area (Å²) in [5.74, 6) is 6.48. The number of aromatic nitrogens is 2. The molecule has 1 aromatic carbocycles. The van der Waals surface area contributed by atoms with Crippen molar-refractivity contribution in [1.29, 1.82) is 0 Å². The summed E-state index contributed by atoms with van der Waals surface area (Å²) in [7, 11) is 0. The van der Waals surface area contributed by atoms with E-state index in [1.54, 1.807) is 0 Å². The van der Waals surface area contributed by atoms with Crippen molar-refractivity contribution < 1.29 is 9.90 Å². The number of carboxylic acids is 1. The Morgan fingerprint density at radius 1 is 1.21 bits per heavy atom. The van der Waals surface area contributed by atoms with Crippen molar-refractivity contribution in [3.8, 4) is 11.8 Å². The maximum atomic E-state index is 11.0. The second kappa shape index (κ2) is 7.73. The average molecular weight is 375 g/mol. The Hall–Kier alpha value is -2.71. The number of benzene rings is 1. The van der Waals surface area contributed by atoms with Gasteiger partial charge in [0.25, 0.3) is 0 Å². The fraction of sp³-hybridized carbons (Fsp3) is 0.435. The Bertz CT molecular complexity index is 935. The molecule has 0 radical (unpaired) electrons. The predicted octanol–water partition coefficient (Wildman–Crippen LogP) is 3.22. The van der Waals surface area contributed by atoms with Crippen LogP contribution in [0.1, 0.15) is 60.8 Å². The maximum Gasteiger partial charge on any atom is 0.306 e. The zero-order chi connectivity index (χ0) is 19.7. The number of carboxylic acid groups (broad SMARTS) is 1. The lowest BCUT2D eigenvalue weighted by Gasteiger charge is -2.43. The molecule has 5 heteroatoms. The van der Waals surface area contributed by atoms with Gasteiger partial charge >= 0.3 is 5.97 Å². The third-order valence-corrected chi connectivity index (χ3v) is 5.84. The second-order valence-corrected chi connectivity index (χ2v) is 8.07. The van der Waals surface area contributed by atoms with E-state index in [4.69, 9.17) is 5.11 Å². The molecule has 2 heterocycles. The van der Waals surface area contributed by atoms with Gasteiger partial charge in [0.1, 0.15) is 0 Å². The van der Waals surface area contributed by atoms with E-state index >= 15 is 0 Å². The van der Waals surface area contributed by atoms with Crippen LogP contribution < -0.4 is 0 Å². The first-order valence-electron chi connectivity index (χ1n) is 9.93. The lowest BCUT2D eigenvalue weighted by Crippen LogP contribution is -2.48. The first-order chi connectivity index (χ1) is 13.5. The molecule has 4 rings (SSSR count). The monoisotopic (exact) mass is 375 g/mol. The van der Waals surface area contributed by atoms with Gasteiger partial charge in [-0.25, -0.2) is 9.97 Å². The van der Waals surface area contributed by atoms with Crippen molar-refractivity contribution in [1.82, 2.24) is 14.9 Å². The molecule has 1 saturated carbocycles. The highest BCUT2D eigenvalue weighted by Gasteiger charge is 2.38. The summed E-state index contributed by atoms with van der Waals surface area (Å²) in [6, 6.07) is 8.70. The van der Waals surface area contributed by atoms with Crippen LogP contribution in [0, 0.1) is 17.8 Å². The molecule has 1 fully saturated rings. The van der Waals surface area contributed by atoms with Crippen molar-refractivity contribution in [3.05, 3.63) is 58.7 Å². The van der Waals surface area contributed by atoms with Crippen LogP contribution in [-0.4, -0.2) is 38.5 Å². The van der Waals surface area contributed by atoms with Gasteiger partial charge in [-0.05, 0) is 42.4 Å². The molecule has 0 atom stereocenters. The van der Waals surface area contributed by atoms with Crippen molar-refractivity contribution in [2.45, 2.75) is 51.6 Å². The van der Waals surface area contributed by atoms with E-state index in [0.717, 1.165) is 49.2 Å². The summed E-state index contributed by atoms with van der Waals surface area (Å²) in [5.41, 5.74) is 4.48. The predicted molar refractivity (Wildman–Crippen MR) is 107 cm³/mol. The van der Waals surface area contributed by atoms with Crippen LogP contribution in [0.2, 0.25) is 0 Å². The molecule has 0 unspecified atom stereocenters. The zero-order valence-electron chi connectivity index (χ0n) is 16.4. The summed E-state index contributed by atoms with van der Waals surface area (Å²) < 4.78 is 0. The van der Waals surface area contributed by atoms with Crippen LogP contribution in [0.5, 0.6) is 0 Å². The van der Waals surface area contributed by atoms with Gasteiger partial charge in [0.05, 0.1) is 11.6 Å². The van der Waals surface area contributed by atoms with Crippen LogP contribution in [0.3, 0.4) is 0 Å². The van der Waals surface area contributed by atoms with E-state index in [9.17, 15) is 4.79 Å². The van der Waals surface area contributed by atoms with Crippen LogP contribution >= 0.6 is 0 Å². The number of hydrogen-bond donors (Lipinski definition) is 1. The minimum Gasteiger partial charge on any atom is -0.481 e. The van der Waals surface area contributed by atoms with Gasteiger partial charge in [-0.2, -0.15) is 0 Å². The summed E-state index contributed by atoms with van der Waals surface area (Å²) in [6.45, 7) is 6.08. The van der Waals surface area contributed by atoms with Gasteiger partial charge in [0, 0.05) is 42.9 Å². The van der Waals surface area contributed by atoms with Gasteiger partial charge in [-0.15, -0.1) is 0 Å². The molecule has 1 N–H and O–H groups in total. The quantitative estimate of drug-likeness (QED) is 0.835. The van der Waals surface area contributed by atoms with Crippen LogP contribution in [0.25, 0.3) is 0 Å². The van der Waals surface area contributed by atoms with Crippen LogP contribution in [0.15, 0.2) is 30.5 Å². The SMILES string of the molecule is CC(C)c1ccc(C#Cc2ncc3c(n2)CCN(C2CC(C(=O)O)C2)C3)cc1. The number of rotatable bonds is 3. The summed E-state index contributed by atoms with van der Waals surface area (Å²) in [4.78, 5) is 22.5. The Kier molecular flexibility index (Phi) is 5.15. The number of hydrogen-bond acceptors (Lipinski definition) is 4. The molecule has 1 aliphatic carbocycles. The van der Waals surface area contributed by atoms with Gasteiger partial charge in [-0.1, -0.05) is 31.9 Å². The van der Waals surface area contributed by atoms with Gasteiger partial charge in [0.2, 0.25) is 5.82 Å². The van der Waals surface area contributed by atoms with Crippen molar-refractivity contribution >= 4 is 5.97 Å². The third-order valence-electron chi connectivity index (χ3n) is 5.84. The molecular formula is C23H25N3O2. The smallest absolute Gasteiger partial charge is 0.306 e. The normalized spacial score (nSPS) is 21.4. The van der Waals surface area contributed by atoms with Crippen molar-refractivity contribution in [2.24, 2.45) is 5.92 Å². The minimum atomic E-state index is -0.668. The third kappa shape index (κ3) is 3.93. The van der Waals surface area contributed by atoms with E-state index in [1.807, 2.05) is 18.3 Å². The molecule has 0 bridgehead atoms. The maximum absolute atomic E-state index is 11.0. The first-order valence-corrected chi connectivity index (χ1v) is 9.93. The highest BCUT2D eigenvalue weighted by Crippen LogP contribution is 2.34. The lowest BCUT2D eigenvalue weighted by molar-refractivity contribution is -0.147. The molecule has 28 heavy (non-hydrogen) atoms. The molecular weight excluding hydrogens is 350 g/mol. The molecule has 2 aromatic rings. The highest BCUT2D eigenvalue weighted by molar-refractivity contribution is 5.71. The number of carbonyl (C=O) groups is 1. The molecule has 144 valence electrons. The topological polar surface area (TPSA) is 66.3 Å². The number of fused-ring (bicyclic) bond motifs is 1. The standard InChI is InChI=1S/C23H25N3O2/c1-15(2)17-6-3-16(4-7-17)5-8-22-24-13-19-14-26(10-9-21(19)25-22)20-11-18(12-20)23(27)28/h3-4,6-7,13,15,18,20H,9-12,14H2,1-2H3,(H,27,28). The molecule has 1 aliphatic heterocycles. The molecule has 0 amide bonds. The Morgan fingerprint density at radius 3 is 2.64 bits per heavy atom. The van der Waals surface area contributed by atoms with Gasteiger partial charge in [-0.3, -0.25) is 9.69 Å². The molecule has 1 aromatic heterocycles. The van der Waals surface area contributed by atoms with Gasteiger partial charge < -0.3 is 5.11 Å². The van der Waals surface area contributed by atoms with Crippen molar-refractivity contribution in [2.75, 3.05) is 6.54 Å². The van der Waals surface area contributed by atoms with Crippen LogP contribution in [-0.2, 0) is 17.8 Å². The van der Waals surface area contributed by atoms with Crippen LogP contribution in [0.4, 0.5) is 0 Å². The summed E-state index contributed by atoms with van der Waals surface area (Å²) in [6.07, 6.45) is 4.26. The van der Waals surface area contributed by atoms with E-state index in [2.05, 4.69) is 52.7 Å². The second-order valence-electron chi connectivity index (χ2n) is 8.07. The van der Waals surface area contributed by atoms with E-state index in [-0.39, 0.29) is 5.92 Å². The molecule has 5 nitrogen and oxygen atoms in total. The Morgan fingerprint density at radius 2 is 1.96 bits per heavy atom. The number of nitrogens with zero attached hydrogens (tertiary/aromatic N) is 3.